The summed E-state index contributed by atoms with van der Waals surface area (Å²) in [5.74, 6) is -0.425. The number of amides is 1. The van der Waals surface area contributed by atoms with Gasteiger partial charge < -0.3 is 30.4 Å². The molecular formula is C32H37N3O6. The molecule has 216 valence electrons. The second-order valence-corrected chi connectivity index (χ2v) is 11.4. The number of carbonyl (C=O) groups is 2. The van der Waals surface area contributed by atoms with Gasteiger partial charge in [0.2, 0.25) is 0 Å². The molecule has 2 atom stereocenters. The molecule has 1 aliphatic heterocycles. The first kappa shape index (κ1) is 29.5. The van der Waals surface area contributed by atoms with Crippen molar-refractivity contribution in [1.29, 1.82) is 0 Å². The molecule has 0 saturated carbocycles. The lowest BCUT2D eigenvalue weighted by Crippen LogP contribution is -2.38. The van der Waals surface area contributed by atoms with Gasteiger partial charge in [0.05, 0.1) is 12.8 Å². The van der Waals surface area contributed by atoms with E-state index in [0.29, 0.717) is 47.6 Å². The molecule has 0 bridgehead atoms. The molecule has 9 heteroatoms. The third-order valence-corrected chi connectivity index (χ3v) is 7.27. The van der Waals surface area contributed by atoms with Gasteiger partial charge in [-0.05, 0) is 79.8 Å². The number of oxime groups is 1. The molecule has 4 rings (SSSR count). The molecule has 3 aromatic rings. The molecule has 9 nitrogen and oxygen atoms in total. The summed E-state index contributed by atoms with van der Waals surface area (Å²) in [4.78, 5) is 27.0. The molecule has 1 heterocycles. The maximum atomic E-state index is 12.9. The third kappa shape index (κ3) is 6.62. The molecule has 4 N–H and O–H groups in total. The van der Waals surface area contributed by atoms with Crippen LogP contribution >= 0.6 is 0 Å². The Morgan fingerprint density at radius 2 is 1.85 bits per heavy atom. The van der Waals surface area contributed by atoms with Crippen molar-refractivity contribution >= 4 is 34.7 Å². The minimum absolute atomic E-state index is 0.119. The molecule has 0 aromatic heterocycles. The number of hydrogen-bond donors (Lipinski definition) is 3. The van der Waals surface area contributed by atoms with Crippen molar-refractivity contribution in [3.05, 3.63) is 83.9 Å². The number of carbonyl (C=O) groups excluding carboxylic acids is 1. The van der Waals surface area contributed by atoms with Crippen LogP contribution < -0.4 is 10.5 Å². The number of ether oxygens (including phenoxy) is 2. The standard InChI is InChI=1S/C32H37N3O6/c1-5-15-32(29(36)37,18-22-7-6-21-8-11-24(33)17-27(21)28(22)19-34-39)23-9-12-25(13-10-23)40-26-14-16-35(20-26)30(38)41-31(2,3)4/h5-13,17,19,26,39H,1,14-16,18,20,33H2,2-4H3,(H,36,37)/t26-,32-/m0/s1. The van der Waals surface area contributed by atoms with E-state index in [1.807, 2.05) is 39.0 Å². The number of hydrogen-bond acceptors (Lipinski definition) is 7. The fourth-order valence-corrected chi connectivity index (χ4v) is 5.28. The zero-order valence-corrected chi connectivity index (χ0v) is 23.7. The number of nitrogen functional groups attached to an aromatic ring is 1. The van der Waals surface area contributed by atoms with Crippen LogP contribution in [-0.4, -0.2) is 58.3 Å². The second-order valence-electron chi connectivity index (χ2n) is 11.4. The van der Waals surface area contributed by atoms with Crippen LogP contribution in [0.1, 0.15) is 50.3 Å². The molecule has 1 amide bonds. The molecule has 1 aliphatic rings. The first-order chi connectivity index (χ1) is 19.5. The Kier molecular flexibility index (Phi) is 8.56. The lowest BCUT2D eigenvalue weighted by Gasteiger charge is -2.30. The lowest BCUT2D eigenvalue weighted by atomic mass is 9.72. The molecule has 0 unspecified atom stereocenters. The average Bonchev–Trinajstić information content (AvgIpc) is 3.38. The molecule has 0 spiro atoms. The number of nitrogens with zero attached hydrogens (tertiary/aromatic N) is 2. The zero-order chi connectivity index (χ0) is 29.8. The average molecular weight is 560 g/mol. The van der Waals surface area contributed by atoms with Gasteiger partial charge >= 0.3 is 12.1 Å². The number of carboxylic acid groups (broad SMARTS) is 1. The highest BCUT2D eigenvalue weighted by Gasteiger charge is 2.40. The minimum Gasteiger partial charge on any atom is -0.489 e. The van der Waals surface area contributed by atoms with E-state index in [-0.39, 0.29) is 25.0 Å². The SMILES string of the molecule is C=CC[C@@](Cc1ccc2ccc(N)cc2c1C=NO)(C(=O)O)c1ccc(O[C@H]2CCN(C(=O)OC(C)(C)C)C2)cc1. The van der Waals surface area contributed by atoms with Crippen molar-refractivity contribution < 1.29 is 29.4 Å². The summed E-state index contributed by atoms with van der Waals surface area (Å²) < 4.78 is 11.6. The largest absolute Gasteiger partial charge is 0.489 e. The quantitative estimate of drug-likeness (QED) is 0.0997. The number of likely N-dealkylation sites (tertiary alicyclic amines) is 1. The highest BCUT2D eigenvalue weighted by molar-refractivity contribution is 6.02. The van der Waals surface area contributed by atoms with E-state index in [2.05, 4.69) is 11.7 Å². The number of benzene rings is 3. The Labute approximate surface area is 239 Å². The van der Waals surface area contributed by atoms with E-state index in [1.54, 1.807) is 47.4 Å². The van der Waals surface area contributed by atoms with Crippen molar-refractivity contribution in [2.75, 3.05) is 18.8 Å². The van der Waals surface area contributed by atoms with E-state index < -0.39 is 17.0 Å². The first-order valence-corrected chi connectivity index (χ1v) is 13.5. The Morgan fingerprint density at radius 3 is 2.49 bits per heavy atom. The van der Waals surface area contributed by atoms with Gasteiger partial charge in [-0.25, -0.2) is 4.79 Å². The molecule has 1 saturated heterocycles. The van der Waals surface area contributed by atoms with E-state index in [4.69, 9.17) is 15.2 Å². The van der Waals surface area contributed by atoms with Crippen LogP contribution in [0.25, 0.3) is 10.8 Å². The van der Waals surface area contributed by atoms with Gasteiger partial charge in [-0.15, -0.1) is 6.58 Å². The highest BCUT2D eigenvalue weighted by atomic mass is 16.6. The van der Waals surface area contributed by atoms with Crippen LogP contribution in [0.5, 0.6) is 5.75 Å². The van der Waals surface area contributed by atoms with Crippen molar-refractivity contribution in [1.82, 2.24) is 4.90 Å². The van der Waals surface area contributed by atoms with Crippen LogP contribution in [0.15, 0.2) is 72.4 Å². The molecule has 3 aromatic carbocycles. The van der Waals surface area contributed by atoms with Gasteiger partial charge in [-0.2, -0.15) is 0 Å². The van der Waals surface area contributed by atoms with Gasteiger partial charge in [-0.3, -0.25) is 4.79 Å². The molecule has 1 fully saturated rings. The number of carboxylic acids is 1. The minimum atomic E-state index is -1.34. The van der Waals surface area contributed by atoms with Gasteiger partial charge in [0.1, 0.15) is 22.9 Å². The monoisotopic (exact) mass is 559 g/mol. The Bertz CT molecular complexity index is 1460. The summed E-state index contributed by atoms with van der Waals surface area (Å²) in [5, 5.41) is 24.9. The highest BCUT2D eigenvalue weighted by Crippen LogP contribution is 2.37. The van der Waals surface area contributed by atoms with Crippen LogP contribution in [0.3, 0.4) is 0 Å². The van der Waals surface area contributed by atoms with Crippen molar-refractivity contribution in [2.45, 2.75) is 57.2 Å². The smallest absolute Gasteiger partial charge is 0.410 e. The van der Waals surface area contributed by atoms with Gasteiger partial charge in [0.15, 0.2) is 0 Å². The van der Waals surface area contributed by atoms with E-state index in [9.17, 15) is 19.9 Å². The van der Waals surface area contributed by atoms with Gasteiger partial charge in [0.25, 0.3) is 0 Å². The fraction of sp³-hybridized carbons (Fsp3) is 0.344. The normalized spacial score (nSPS) is 17.0. The Hall–Kier alpha value is -4.53. The second kappa shape index (κ2) is 11.9. The summed E-state index contributed by atoms with van der Waals surface area (Å²) >= 11 is 0. The van der Waals surface area contributed by atoms with Gasteiger partial charge in [0, 0.05) is 24.2 Å². The van der Waals surface area contributed by atoms with Gasteiger partial charge in [-0.1, -0.05) is 41.6 Å². The number of fused-ring (bicyclic) bond motifs is 1. The topological polar surface area (TPSA) is 135 Å². The van der Waals surface area contributed by atoms with E-state index >= 15 is 0 Å². The Balaban J connectivity index is 1.60. The molecule has 41 heavy (non-hydrogen) atoms. The zero-order valence-electron chi connectivity index (χ0n) is 23.7. The van der Waals surface area contributed by atoms with Crippen molar-refractivity contribution in [2.24, 2.45) is 5.16 Å². The van der Waals surface area contributed by atoms with Crippen LogP contribution in [-0.2, 0) is 21.4 Å². The van der Waals surface area contributed by atoms with Crippen LogP contribution in [0.2, 0.25) is 0 Å². The maximum absolute atomic E-state index is 12.9. The number of rotatable bonds is 9. The van der Waals surface area contributed by atoms with E-state index in [1.165, 1.54) is 6.21 Å². The number of nitrogens with two attached hydrogens (primary N) is 1. The van der Waals surface area contributed by atoms with E-state index in [0.717, 1.165) is 10.8 Å². The van der Waals surface area contributed by atoms with Crippen LogP contribution in [0, 0.1) is 0 Å². The molecule has 0 aliphatic carbocycles. The van der Waals surface area contributed by atoms with Crippen molar-refractivity contribution in [3.63, 3.8) is 0 Å². The number of anilines is 1. The summed E-state index contributed by atoms with van der Waals surface area (Å²) in [6.45, 7) is 10.3. The molecular weight excluding hydrogens is 522 g/mol. The lowest BCUT2D eigenvalue weighted by molar-refractivity contribution is -0.143. The predicted octanol–water partition coefficient (Wildman–Crippen LogP) is 5.76. The first-order valence-electron chi connectivity index (χ1n) is 13.5. The fourth-order valence-electron chi connectivity index (χ4n) is 5.28. The third-order valence-electron chi connectivity index (χ3n) is 7.27. The van der Waals surface area contributed by atoms with Crippen molar-refractivity contribution in [3.8, 4) is 5.75 Å². The maximum Gasteiger partial charge on any atom is 0.410 e. The predicted molar refractivity (Wildman–Crippen MR) is 159 cm³/mol. The summed E-state index contributed by atoms with van der Waals surface area (Å²) in [6.07, 6.45) is 3.30. The Morgan fingerprint density at radius 1 is 1.15 bits per heavy atom. The summed E-state index contributed by atoms with van der Waals surface area (Å²) in [7, 11) is 0. The summed E-state index contributed by atoms with van der Waals surface area (Å²) in [6, 6.07) is 16.2. The molecule has 0 radical (unpaired) electrons. The summed E-state index contributed by atoms with van der Waals surface area (Å²) in [5.41, 5.74) is 6.53. The number of allylic oxidation sites excluding steroid dienone is 1. The van der Waals surface area contributed by atoms with Crippen LogP contribution in [0.4, 0.5) is 10.5 Å². The number of aliphatic carboxylic acids is 1.